The van der Waals surface area contributed by atoms with Gasteiger partial charge in [0.25, 0.3) is 0 Å². The summed E-state index contributed by atoms with van der Waals surface area (Å²) < 4.78 is 11.4. The SMILES string of the molecule is CC(C)C(CC(=O)N[C@H](C(=O)O)[C@@H](C)OCc1ccccc1)NC(=O)OCC1c2ccccc2-c2ccccc21. The number of amides is 2. The molecule has 1 aliphatic rings. The van der Waals surface area contributed by atoms with Gasteiger partial charge in [-0.2, -0.15) is 0 Å². The van der Waals surface area contributed by atoms with Crippen molar-refractivity contribution in [2.75, 3.05) is 6.61 Å². The fraction of sp³-hybridized carbons (Fsp3) is 0.344. The number of hydrogen-bond acceptors (Lipinski definition) is 5. The molecule has 0 radical (unpaired) electrons. The van der Waals surface area contributed by atoms with Crippen LogP contribution in [0.4, 0.5) is 4.79 Å². The van der Waals surface area contributed by atoms with Crippen LogP contribution in [-0.4, -0.2) is 47.9 Å². The molecule has 0 saturated carbocycles. The van der Waals surface area contributed by atoms with Crippen LogP contribution in [0.15, 0.2) is 78.9 Å². The third-order valence-electron chi connectivity index (χ3n) is 7.26. The fourth-order valence-electron chi connectivity index (χ4n) is 4.95. The number of benzene rings is 3. The van der Waals surface area contributed by atoms with Gasteiger partial charge in [-0.05, 0) is 40.7 Å². The molecule has 0 heterocycles. The standard InChI is InChI=1S/C32H36N2O6/c1-20(2)28(17-29(35)34-30(31(36)37)21(3)39-18-22-11-5-4-6-12-22)33-32(38)40-19-27-25-15-9-7-13-23(25)24-14-8-10-16-26(24)27/h4-16,20-21,27-28,30H,17-19H2,1-3H3,(H,33,38)(H,34,35)(H,36,37)/t21-,28?,30+/m1/s1. The van der Waals surface area contributed by atoms with Crippen LogP contribution in [0, 0.1) is 5.92 Å². The Balaban J connectivity index is 1.31. The van der Waals surface area contributed by atoms with Gasteiger partial charge in [-0.15, -0.1) is 0 Å². The number of carbonyl (C=O) groups excluding carboxylic acids is 2. The monoisotopic (exact) mass is 544 g/mol. The zero-order valence-electron chi connectivity index (χ0n) is 23.0. The Morgan fingerprint density at radius 2 is 1.40 bits per heavy atom. The molecule has 8 nitrogen and oxygen atoms in total. The van der Waals surface area contributed by atoms with Crippen LogP contribution in [0.1, 0.15) is 49.8 Å². The first-order chi connectivity index (χ1) is 19.2. The van der Waals surface area contributed by atoms with Crippen molar-refractivity contribution >= 4 is 18.0 Å². The van der Waals surface area contributed by atoms with E-state index in [1.54, 1.807) is 6.92 Å². The molecule has 3 atom stereocenters. The largest absolute Gasteiger partial charge is 0.480 e. The van der Waals surface area contributed by atoms with Gasteiger partial charge in [-0.25, -0.2) is 9.59 Å². The predicted molar refractivity (Wildman–Crippen MR) is 152 cm³/mol. The molecule has 2 amide bonds. The van der Waals surface area contributed by atoms with Gasteiger partial charge < -0.3 is 25.2 Å². The molecule has 0 spiro atoms. The van der Waals surface area contributed by atoms with Gasteiger partial charge in [0.1, 0.15) is 6.61 Å². The Bertz CT molecular complexity index is 1280. The molecule has 3 N–H and O–H groups in total. The lowest BCUT2D eigenvalue weighted by Gasteiger charge is -2.25. The Hall–Kier alpha value is -4.17. The number of carbonyl (C=O) groups is 3. The van der Waals surface area contributed by atoms with Crippen molar-refractivity contribution in [3.63, 3.8) is 0 Å². The van der Waals surface area contributed by atoms with Gasteiger partial charge in [0, 0.05) is 18.4 Å². The Labute approximate surface area is 234 Å². The lowest BCUT2D eigenvalue weighted by molar-refractivity contribution is -0.146. The van der Waals surface area contributed by atoms with E-state index < -0.39 is 36.2 Å². The van der Waals surface area contributed by atoms with Crippen LogP contribution < -0.4 is 10.6 Å². The highest BCUT2D eigenvalue weighted by Gasteiger charge is 2.31. The van der Waals surface area contributed by atoms with E-state index in [4.69, 9.17) is 9.47 Å². The van der Waals surface area contributed by atoms with Crippen LogP contribution in [-0.2, 0) is 25.7 Å². The number of ether oxygens (including phenoxy) is 2. The third-order valence-corrected chi connectivity index (χ3v) is 7.26. The predicted octanol–water partition coefficient (Wildman–Crippen LogP) is 5.11. The minimum Gasteiger partial charge on any atom is -0.480 e. The molecular formula is C32H36N2O6. The van der Waals surface area contributed by atoms with Crippen molar-refractivity contribution in [3.8, 4) is 11.1 Å². The molecule has 8 heteroatoms. The molecular weight excluding hydrogens is 508 g/mol. The second-order valence-electron chi connectivity index (χ2n) is 10.4. The molecule has 210 valence electrons. The van der Waals surface area contributed by atoms with Crippen LogP contribution in [0.3, 0.4) is 0 Å². The van der Waals surface area contributed by atoms with Gasteiger partial charge in [-0.1, -0.05) is 92.7 Å². The molecule has 3 aromatic rings. The van der Waals surface area contributed by atoms with Gasteiger partial charge >= 0.3 is 12.1 Å². The average Bonchev–Trinajstić information content (AvgIpc) is 3.27. The van der Waals surface area contributed by atoms with E-state index in [0.717, 1.165) is 27.8 Å². The fourth-order valence-corrected chi connectivity index (χ4v) is 4.95. The van der Waals surface area contributed by atoms with Gasteiger partial charge in [0.2, 0.25) is 5.91 Å². The number of alkyl carbamates (subject to hydrolysis) is 1. The summed E-state index contributed by atoms with van der Waals surface area (Å²) in [6.45, 7) is 5.74. The topological polar surface area (TPSA) is 114 Å². The number of rotatable bonds is 12. The summed E-state index contributed by atoms with van der Waals surface area (Å²) in [5.41, 5.74) is 5.40. The van der Waals surface area contributed by atoms with Crippen molar-refractivity contribution in [1.82, 2.24) is 10.6 Å². The maximum Gasteiger partial charge on any atom is 0.407 e. The summed E-state index contributed by atoms with van der Waals surface area (Å²) >= 11 is 0. The molecule has 0 aliphatic heterocycles. The number of nitrogens with one attached hydrogen (secondary N) is 2. The lowest BCUT2D eigenvalue weighted by Crippen LogP contribution is -2.51. The van der Waals surface area contributed by atoms with E-state index in [-0.39, 0.29) is 31.5 Å². The summed E-state index contributed by atoms with van der Waals surface area (Å²) in [6, 6.07) is 23.8. The molecule has 1 unspecified atom stereocenters. The first-order valence-electron chi connectivity index (χ1n) is 13.5. The van der Waals surface area contributed by atoms with Crippen molar-refractivity contribution in [1.29, 1.82) is 0 Å². The normalized spacial score (nSPS) is 14.5. The minimum atomic E-state index is -1.24. The van der Waals surface area contributed by atoms with E-state index in [9.17, 15) is 19.5 Å². The highest BCUT2D eigenvalue weighted by Crippen LogP contribution is 2.44. The van der Waals surface area contributed by atoms with E-state index in [0.29, 0.717) is 0 Å². The third kappa shape index (κ3) is 7.07. The molecule has 0 bridgehead atoms. The first-order valence-corrected chi connectivity index (χ1v) is 13.5. The summed E-state index contributed by atoms with van der Waals surface area (Å²) in [6.07, 6.45) is -1.49. The van der Waals surface area contributed by atoms with Crippen LogP contribution >= 0.6 is 0 Å². The number of carboxylic acids is 1. The van der Waals surface area contributed by atoms with E-state index in [1.165, 1.54) is 0 Å². The van der Waals surface area contributed by atoms with Crippen molar-refractivity contribution in [3.05, 3.63) is 95.6 Å². The second-order valence-corrected chi connectivity index (χ2v) is 10.4. The van der Waals surface area contributed by atoms with E-state index in [1.807, 2.05) is 80.6 Å². The summed E-state index contributed by atoms with van der Waals surface area (Å²) in [7, 11) is 0. The number of aliphatic carboxylic acids is 1. The minimum absolute atomic E-state index is 0.0763. The van der Waals surface area contributed by atoms with Gasteiger partial charge in [0.05, 0.1) is 12.7 Å². The second kappa shape index (κ2) is 13.3. The molecule has 0 aromatic heterocycles. The summed E-state index contributed by atoms with van der Waals surface area (Å²) in [5.74, 6) is -1.87. The Morgan fingerprint density at radius 1 is 0.825 bits per heavy atom. The molecule has 3 aromatic carbocycles. The maximum absolute atomic E-state index is 12.9. The average molecular weight is 545 g/mol. The zero-order valence-corrected chi connectivity index (χ0v) is 23.0. The number of hydrogen-bond donors (Lipinski definition) is 3. The number of carboxylic acid groups (broad SMARTS) is 1. The number of fused-ring (bicyclic) bond motifs is 3. The van der Waals surface area contributed by atoms with Crippen molar-refractivity contribution < 1.29 is 29.0 Å². The van der Waals surface area contributed by atoms with E-state index >= 15 is 0 Å². The molecule has 4 rings (SSSR count). The highest BCUT2D eigenvalue weighted by atomic mass is 16.5. The van der Waals surface area contributed by atoms with Crippen LogP contribution in [0.25, 0.3) is 11.1 Å². The van der Waals surface area contributed by atoms with E-state index in [2.05, 4.69) is 22.8 Å². The van der Waals surface area contributed by atoms with Crippen LogP contribution in [0.5, 0.6) is 0 Å². The molecule has 40 heavy (non-hydrogen) atoms. The maximum atomic E-state index is 12.9. The summed E-state index contributed by atoms with van der Waals surface area (Å²) in [5, 5.41) is 15.1. The van der Waals surface area contributed by atoms with Crippen molar-refractivity contribution in [2.24, 2.45) is 5.92 Å². The Kier molecular flexibility index (Phi) is 9.56. The molecule has 1 aliphatic carbocycles. The smallest absolute Gasteiger partial charge is 0.407 e. The van der Waals surface area contributed by atoms with Crippen LogP contribution in [0.2, 0.25) is 0 Å². The molecule has 0 saturated heterocycles. The van der Waals surface area contributed by atoms with Gasteiger partial charge in [0.15, 0.2) is 6.04 Å². The highest BCUT2D eigenvalue weighted by molar-refractivity contribution is 5.84. The summed E-state index contributed by atoms with van der Waals surface area (Å²) in [4.78, 5) is 37.5. The van der Waals surface area contributed by atoms with Gasteiger partial charge in [-0.3, -0.25) is 4.79 Å². The Morgan fingerprint density at radius 3 is 1.98 bits per heavy atom. The zero-order chi connectivity index (χ0) is 28.6. The molecule has 0 fully saturated rings. The van der Waals surface area contributed by atoms with Crippen molar-refractivity contribution in [2.45, 2.75) is 57.9 Å². The lowest BCUT2D eigenvalue weighted by atomic mass is 9.98. The first kappa shape index (κ1) is 28.8. The quantitative estimate of drug-likeness (QED) is 0.292.